The van der Waals surface area contributed by atoms with Gasteiger partial charge in [0.15, 0.2) is 0 Å². The second kappa shape index (κ2) is 4.84. The first kappa shape index (κ1) is 13.3. The van der Waals surface area contributed by atoms with Crippen molar-refractivity contribution in [3.05, 3.63) is 42.6 Å². The van der Waals surface area contributed by atoms with E-state index >= 15 is 0 Å². The Kier molecular flexibility index (Phi) is 3.38. The Morgan fingerprint density at radius 1 is 1.42 bits per heavy atom. The average molecular weight is 264 g/mol. The molecule has 1 aromatic heterocycles. The molecule has 0 aliphatic heterocycles. The second-order valence-corrected chi connectivity index (χ2v) is 4.18. The van der Waals surface area contributed by atoms with Crippen LogP contribution >= 0.6 is 0 Å². The van der Waals surface area contributed by atoms with Crippen molar-refractivity contribution in [2.24, 2.45) is 0 Å². The fraction of sp³-hybridized carbons (Fsp3) is 0.214. The van der Waals surface area contributed by atoms with E-state index in [1.54, 1.807) is 18.2 Å². The average Bonchev–Trinajstić information content (AvgIpc) is 2.36. The van der Waals surface area contributed by atoms with Gasteiger partial charge in [0.25, 0.3) is 5.92 Å². The lowest BCUT2D eigenvalue weighted by Gasteiger charge is -2.16. The molecule has 0 amide bonds. The van der Waals surface area contributed by atoms with Gasteiger partial charge in [-0.2, -0.15) is 8.78 Å². The van der Waals surface area contributed by atoms with Crippen LogP contribution in [-0.4, -0.2) is 12.1 Å². The van der Waals surface area contributed by atoms with Crippen molar-refractivity contribution in [3.63, 3.8) is 0 Å². The molecule has 0 saturated carbocycles. The van der Waals surface area contributed by atoms with Crippen molar-refractivity contribution in [1.29, 1.82) is 0 Å². The molecule has 2 rings (SSSR count). The zero-order valence-electron chi connectivity index (χ0n) is 10.5. The maximum absolute atomic E-state index is 13.9. The number of nitrogen functional groups attached to an aromatic ring is 1. The first-order chi connectivity index (χ1) is 8.97. The predicted octanol–water partition coefficient (Wildman–Crippen LogP) is 3.49. The van der Waals surface area contributed by atoms with Gasteiger partial charge in [0.2, 0.25) is 0 Å². The summed E-state index contributed by atoms with van der Waals surface area (Å²) in [6, 6.07) is 6.48. The van der Waals surface area contributed by atoms with E-state index < -0.39 is 18.0 Å². The SMILES string of the molecule is C=CCC(F)(F)c1nc2ccc(OC)cc2cc1N. The number of nitrogens with zero attached hydrogens (tertiary/aromatic N) is 1. The molecule has 0 fully saturated rings. The lowest BCUT2D eigenvalue weighted by molar-refractivity contribution is -0.00422. The number of rotatable bonds is 4. The van der Waals surface area contributed by atoms with Gasteiger partial charge in [0.05, 0.1) is 18.3 Å². The maximum atomic E-state index is 13.9. The summed E-state index contributed by atoms with van der Waals surface area (Å²) in [6.07, 6.45) is 0.658. The molecule has 100 valence electrons. The van der Waals surface area contributed by atoms with E-state index in [0.717, 1.165) is 6.08 Å². The minimum absolute atomic E-state index is 0.0346. The highest BCUT2D eigenvalue weighted by Gasteiger charge is 2.34. The molecule has 0 aliphatic carbocycles. The number of hydrogen-bond donors (Lipinski definition) is 1. The summed E-state index contributed by atoms with van der Waals surface area (Å²) in [5.74, 6) is -2.49. The van der Waals surface area contributed by atoms with Crippen molar-refractivity contribution in [1.82, 2.24) is 4.98 Å². The topological polar surface area (TPSA) is 48.1 Å². The van der Waals surface area contributed by atoms with Crippen LogP contribution in [0.3, 0.4) is 0 Å². The third kappa shape index (κ3) is 2.50. The number of anilines is 1. The summed E-state index contributed by atoms with van der Waals surface area (Å²) in [4.78, 5) is 3.96. The zero-order chi connectivity index (χ0) is 14.0. The summed E-state index contributed by atoms with van der Waals surface area (Å²) < 4.78 is 32.8. The number of alkyl halides is 2. The van der Waals surface area contributed by atoms with Crippen LogP contribution in [0.15, 0.2) is 36.9 Å². The number of aromatic nitrogens is 1. The molecule has 1 heterocycles. The van der Waals surface area contributed by atoms with Crippen LogP contribution < -0.4 is 10.5 Å². The molecular weight excluding hydrogens is 250 g/mol. The molecular formula is C14H14F2N2O. The van der Waals surface area contributed by atoms with Crippen LogP contribution in [0, 0.1) is 0 Å². The third-order valence-electron chi connectivity index (χ3n) is 2.80. The molecule has 19 heavy (non-hydrogen) atoms. The van der Waals surface area contributed by atoms with Gasteiger partial charge in [-0.15, -0.1) is 6.58 Å². The normalized spacial score (nSPS) is 11.5. The molecule has 5 heteroatoms. The molecule has 2 N–H and O–H groups in total. The fourth-order valence-electron chi connectivity index (χ4n) is 1.87. The van der Waals surface area contributed by atoms with E-state index in [0.29, 0.717) is 16.7 Å². The number of allylic oxidation sites excluding steroid dienone is 1. The molecule has 0 bridgehead atoms. The smallest absolute Gasteiger partial charge is 0.295 e. The largest absolute Gasteiger partial charge is 0.497 e. The van der Waals surface area contributed by atoms with Gasteiger partial charge < -0.3 is 10.5 Å². The Morgan fingerprint density at radius 3 is 2.79 bits per heavy atom. The number of fused-ring (bicyclic) bond motifs is 1. The van der Waals surface area contributed by atoms with Gasteiger partial charge in [0.1, 0.15) is 11.4 Å². The van der Waals surface area contributed by atoms with Crippen molar-refractivity contribution >= 4 is 16.6 Å². The third-order valence-corrected chi connectivity index (χ3v) is 2.80. The van der Waals surface area contributed by atoms with E-state index in [1.165, 1.54) is 13.2 Å². The zero-order valence-corrected chi connectivity index (χ0v) is 10.5. The Labute approximate surface area is 109 Å². The van der Waals surface area contributed by atoms with Gasteiger partial charge in [-0.05, 0) is 24.3 Å². The van der Waals surface area contributed by atoms with Crippen molar-refractivity contribution in [2.75, 3.05) is 12.8 Å². The van der Waals surface area contributed by atoms with Crippen molar-refractivity contribution < 1.29 is 13.5 Å². The molecule has 2 aromatic rings. The van der Waals surface area contributed by atoms with E-state index in [9.17, 15) is 8.78 Å². The summed E-state index contributed by atoms with van der Waals surface area (Å²) >= 11 is 0. The molecule has 3 nitrogen and oxygen atoms in total. The number of hydrogen-bond acceptors (Lipinski definition) is 3. The van der Waals surface area contributed by atoms with E-state index in [2.05, 4.69) is 11.6 Å². The Hall–Kier alpha value is -2.17. The Bertz CT molecular complexity index is 626. The Morgan fingerprint density at radius 2 is 2.16 bits per heavy atom. The van der Waals surface area contributed by atoms with E-state index in [-0.39, 0.29) is 5.69 Å². The molecule has 0 radical (unpaired) electrons. The number of nitrogens with two attached hydrogens (primary N) is 1. The Balaban J connectivity index is 2.59. The minimum atomic E-state index is -3.11. The number of pyridine rings is 1. The first-order valence-electron chi connectivity index (χ1n) is 5.71. The van der Waals surface area contributed by atoms with Gasteiger partial charge in [-0.25, -0.2) is 4.98 Å². The second-order valence-electron chi connectivity index (χ2n) is 4.18. The molecule has 1 aromatic carbocycles. The standard InChI is InChI=1S/C14H14F2N2O/c1-3-6-14(15,16)13-11(17)8-9-7-10(19-2)4-5-12(9)18-13/h3-5,7-8H,1,6,17H2,2H3. The van der Waals surface area contributed by atoms with Gasteiger partial charge in [-0.1, -0.05) is 6.08 Å². The number of halogens is 2. The first-order valence-corrected chi connectivity index (χ1v) is 5.71. The van der Waals surface area contributed by atoms with E-state index in [4.69, 9.17) is 10.5 Å². The van der Waals surface area contributed by atoms with Gasteiger partial charge in [-0.3, -0.25) is 0 Å². The quantitative estimate of drug-likeness (QED) is 0.860. The molecule has 0 atom stereocenters. The van der Waals surface area contributed by atoms with Gasteiger partial charge in [0, 0.05) is 11.8 Å². The lowest BCUT2D eigenvalue weighted by atomic mass is 10.1. The number of methoxy groups -OCH3 is 1. The molecule has 0 aliphatic rings. The van der Waals surface area contributed by atoms with Gasteiger partial charge >= 0.3 is 0 Å². The van der Waals surface area contributed by atoms with Crippen LogP contribution in [0.4, 0.5) is 14.5 Å². The molecule has 0 saturated heterocycles. The molecule has 0 unspecified atom stereocenters. The summed E-state index contributed by atoms with van der Waals surface area (Å²) in [5, 5.41) is 0.662. The van der Waals surface area contributed by atoms with Crippen molar-refractivity contribution in [3.8, 4) is 5.75 Å². The molecule has 0 spiro atoms. The van der Waals surface area contributed by atoms with E-state index in [1.807, 2.05) is 0 Å². The van der Waals surface area contributed by atoms with Crippen molar-refractivity contribution in [2.45, 2.75) is 12.3 Å². The highest BCUT2D eigenvalue weighted by Crippen LogP contribution is 2.36. The fourth-order valence-corrected chi connectivity index (χ4v) is 1.87. The number of benzene rings is 1. The lowest BCUT2D eigenvalue weighted by Crippen LogP contribution is -2.17. The monoisotopic (exact) mass is 264 g/mol. The highest BCUT2D eigenvalue weighted by molar-refractivity contribution is 5.83. The minimum Gasteiger partial charge on any atom is -0.497 e. The summed E-state index contributed by atoms with van der Waals surface area (Å²) in [6.45, 7) is 3.32. The number of ether oxygens (including phenoxy) is 1. The highest BCUT2D eigenvalue weighted by atomic mass is 19.3. The maximum Gasteiger partial charge on any atom is 0.295 e. The van der Waals surface area contributed by atoms with Crippen LogP contribution in [-0.2, 0) is 5.92 Å². The summed E-state index contributed by atoms with van der Waals surface area (Å²) in [7, 11) is 1.53. The van der Waals surface area contributed by atoms with Crippen LogP contribution in [0.1, 0.15) is 12.1 Å². The predicted molar refractivity (Wildman–Crippen MR) is 71.4 cm³/mol. The van der Waals surface area contributed by atoms with Crippen LogP contribution in [0.2, 0.25) is 0 Å². The van der Waals surface area contributed by atoms with Crippen LogP contribution in [0.25, 0.3) is 10.9 Å². The van der Waals surface area contributed by atoms with Crippen LogP contribution in [0.5, 0.6) is 5.75 Å². The summed E-state index contributed by atoms with van der Waals surface area (Å²) in [5.41, 5.74) is 5.68.